The van der Waals surface area contributed by atoms with Crippen LogP contribution >= 0.6 is 24.0 Å². The Morgan fingerprint density at radius 2 is 1.96 bits per heavy atom. The van der Waals surface area contributed by atoms with Gasteiger partial charge in [-0.2, -0.15) is 0 Å². The van der Waals surface area contributed by atoms with Crippen LogP contribution in [0, 0.1) is 12.7 Å². The van der Waals surface area contributed by atoms with Gasteiger partial charge in [0.2, 0.25) is 0 Å². The normalized spacial score (nSPS) is 11.7. The Hall–Kier alpha value is -0.900. The van der Waals surface area contributed by atoms with Crippen molar-refractivity contribution in [1.82, 2.24) is 10.6 Å². The van der Waals surface area contributed by atoms with E-state index in [0.717, 1.165) is 5.56 Å². The molecule has 0 saturated carbocycles. The Balaban J connectivity index is 0.00000484. The van der Waals surface area contributed by atoms with Crippen LogP contribution < -0.4 is 10.6 Å². The zero-order valence-electron chi connectivity index (χ0n) is 13.7. The number of aliphatic imine (C=N–C) groups is 1. The monoisotopic (exact) mass is 457 g/mol. The Labute approximate surface area is 155 Å². The summed E-state index contributed by atoms with van der Waals surface area (Å²) in [7, 11) is -3.00. The first-order valence-corrected chi connectivity index (χ1v) is 9.17. The topological polar surface area (TPSA) is 70.6 Å². The minimum absolute atomic E-state index is 0. The molecular weight excluding hydrogens is 432 g/mol. The van der Waals surface area contributed by atoms with Crippen molar-refractivity contribution in [3.8, 4) is 0 Å². The highest BCUT2D eigenvalue weighted by Gasteiger charge is 2.07. The van der Waals surface area contributed by atoms with Crippen LogP contribution in [0.15, 0.2) is 23.2 Å². The Kier molecular flexibility index (Phi) is 10.4. The van der Waals surface area contributed by atoms with Crippen LogP contribution in [-0.2, 0) is 16.4 Å². The summed E-state index contributed by atoms with van der Waals surface area (Å²) in [6, 6.07) is 5.01. The minimum Gasteiger partial charge on any atom is -0.357 e. The number of halogens is 2. The van der Waals surface area contributed by atoms with Gasteiger partial charge in [0.25, 0.3) is 0 Å². The van der Waals surface area contributed by atoms with Crippen LogP contribution in [0.2, 0.25) is 0 Å². The lowest BCUT2D eigenvalue weighted by Gasteiger charge is -2.11. The Morgan fingerprint density at radius 1 is 1.26 bits per heavy atom. The molecule has 0 bridgehead atoms. The van der Waals surface area contributed by atoms with Crippen LogP contribution in [0.5, 0.6) is 0 Å². The van der Waals surface area contributed by atoms with Gasteiger partial charge in [-0.05, 0) is 31.0 Å². The number of nitrogens with zero attached hydrogens (tertiary/aromatic N) is 1. The molecule has 23 heavy (non-hydrogen) atoms. The lowest BCUT2D eigenvalue weighted by Crippen LogP contribution is -2.39. The SMILES string of the molecule is CCNC(=NCc1ccc(C)c(F)c1)NCCS(=O)(=O)CC.I. The molecule has 132 valence electrons. The predicted molar refractivity (Wildman–Crippen MR) is 104 cm³/mol. The molecule has 5 nitrogen and oxygen atoms in total. The van der Waals surface area contributed by atoms with Crippen molar-refractivity contribution in [1.29, 1.82) is 0 Å². The summed E-state index contributed by atoms with van der Waals surface area (Å²) in [4.78, 5) is 4.33. The fourth-order valence-corrected chi connectivity index (χ4v) is 2.42. The fraction of sp³-hybridized carbons (Fsp3) is 0.533. The molecule has 1 aromatic rings. The summed E-state index contributed by atoms with van der Waals surface area (Å²) >= 11 is 0. The van der Waals surface area contributed by atoms with Crippen LogP contribution in [0.4, 0.5) is 4.39 Å². The average Bonchev–Trinajstić information content (AvgIpc) is 2.48. The molecule has 0 heterocycles. The maximum atomic E-state index is 13.5. The van der Waals surface area contributed by atoms with Crippen LogP contribution in [-0.4, -0.2) is 39.0 Å². The van der Waals surface area contributed by atoms with E-state index in [0.29, 0.717) is 31.2 Å². The number of aryl methyl sites for hydroxylation is 1. The molecular formula is C15H25FIN3O2S. The maximum Gasteiger partial charge on any atom is 0.191 e. The van der Waals surface area contributed by atoms with Crippen LogP contribution in [0.1, 0.15) is 25.0 Å². The number of rotatable bonds is 7. The van der Waals surface area contributed by atoms with E-state index in [4.69, 9.17) is 0 Å². The molecule has 1 aromatic carbocycles. The molecule has 0 saturated heterocycles. The first-order chi connectivity index (χ1) is 10.4. The molecule has 0 fully saturated rings. The Bertz CT molecular complexity index is 621. The van der Waals surface area contributed by atoms with Crippen molar-refractivity contribution < 1.29 is 12.8 Å². The highest BCUT2D eigenvalue weighted by molar-refractivity contribution is 14.0. The molecule has 0 aliphatic heterocycles. The largest absolute Gasteiger partial charge is 0.357 e. The van der Waals surface area contributed by atoms with Gasteiger partial charge in [-0.3, -0.25) is 0 Å². The minimum atomic E-state index is -3.00. The molecule has 0 amide bonds. The van der Waals surface area contributed by atoms with E-state index in [9.17, 15) is 12.8 Å². The van der Waals surface area contributed by atoms with E-state index in [-0.39, 0.29) is 41.3 Å². The van der Waals surface area contributed by atoms with E-state index in [1.807, 2.05) is 13.0 Å². The summed E-state index contributed by atoms with van der Waals surface area (Å²) < 4.78 is 36.4. The van der Waals surface area contributed by atoms with E-state index in [1.165, 1.54) is 6.07 Å². The molecule has 0 atom stereocenters. The average molecular weight is 457 g/mol. The summed E-state index contributed by atoms with van der Waals surface area (Å²) in [5.74, 6) is 0.465. The summed E-state index contributed by atoms with van der Waals surface area (Å²) in [5, 5.41) is 6.01. The van der Waals surface area contributed by atoms with Crippen molar-refractivity contribution in [3.05, 3.63) is 35.1 Å². The second kappa shape index (κ2) is 10.8. The maximum absolute atomic E-state index is 13.5. The van der Waals surface area contributed by atoms with Crippen molar-refractivity contribution in [2.24, 2.45) is 4.99 Å². The Morgan fingerprint density at radius 3 is 2.52 bits per heavy atom. The first-order valence-electron chi connectivity index (χ1n) is 7.35. The molecule has 2 N–H and O–H groups in total. The van der Waals surface area contributed by atoms with E-state index < -0.39 is 9.84 Å². The van der Waals surface area contributed by atoms with Crippen molar-refractivity contribution in [2.45, 2.75) is 27.3 Å². The van der Waals surface area contributed by atoms with Crippen molar-refractivity contribution in [2.75, 3.05) is 24.6 Å². The van der Waals surface area contributed by atoms with Crippen LogP contribution in [0.3, 0.4) is 0 Å². The molecule has 8 heteroatoms. The van der Waals surface area contributed by atoms with Gasteiger partial charge in [-0.15, -0.1) is 24.0 Å². The van der Waals surface area contributed by atoms with Crippen molar-refractivity contribution in [3.63, 3.8) is 0 Å². The zero-order chi connectivity index (χ0) is 16.6. The third-order valence-corrected chi connectivity index (χ3v) is 4.85. The van der Waals surface area contributed by atoms with Gasteiger partial charge < -0.3 is 10.6 Å². The second-order valence-corrected chi connectivity index (χ2v) is 7.41. The lowest BCUT2D eigenvalue weighted by molar-refractivity contribution is 0.595. The highest BCUT2D eigenvalue weighted by atomic mass is 127. The lowest BCUT2D eigenvalue weighted by atomic mass is 10.1. The van der Waals surface area contributed by atoms with Gasteiger partial charge >= 0.3 is 0 Å². The van der Waals surface area contributed by atoms with E-state index in [2.05, 4.69) is 15.6 Å². The molecule has 0 aliphatic carbocycles. The third kappa shape index (κ3) is 8.50. The predicted octanol–water partition coefficient (Wildman–Crippen LogP) is 2.24. The molecule has 0 unspecified atom stereocenters. The number of guanidine groups is 1. The van der Waals surface area contributed by atoms with E-state index >= 15 is 0 Å². The fourth-order valence-electron chi connectivity index (χ4n) is 1.72. The number of hydrogen-bond acceptors (Lipinski definition) is 3. The highest BCUT2D eigenvalue weighted by Crippen LogP contribution is 2.09. The quantitative estimate of drug-likeness (QED) is 0.375. The van der Waals surface area contributed by atoms with Gasteiger partial charge in [-0.25, -0.2) is 17.8 Å². The van der Waals surface area contributed by atoms with Gasteiger partial charge in [0, 0.05) is 18.8 Å². The van der Waals surface area contributed by atoms with Gasteiger partial charge in [0.1, 0.15) is 5.82 Å². The van der Waals surface area contributed by atoms with E-state index in [1.54, 1.807) is 19.9 Å². The van der Waals surface area contributed by atoms with Gasteiger partial charge in [-0.1, -0.05) is 19.1 Å². The third-order valence-electron chi connectivity index (χ3n) is 3.15. The number of nitrogens with one attached hydrogen (secondary N) is 2. The number of benzene rings is 1. The molecule has 0 aliphatic rings. The van der Waals surface area contributed by atoms with Gasteiger partial charge in [0.15, 0.2) is 15.8 Å². The summed E-state index contributed by atoms with van der Waals surface area (Å²) in [6.45, 7) is 6.54. The number of hydrogen-bond donors (Lipinski definition) is 2. The van der Waals surface area contributed by atoms with Crippen molar-refractivity contribution >= 4 is 39.8 Å². The molecule has 0 aromatic heterocycles. The van der Waals surface area contributed by atoms with Crippen LogP contribution in [0.25, 0.3) is 0 Å². The zero-order valence-corrected chi connectivity index (χ0v) is 16.9. The van der Waals surface area contributed by atoms with Gasteiger partial charge in [0.05, 0.1) is 12.3 Å². The molecule has 0 radical (unpaired) electrons. The summed E-state index contributed by atoms with van der Waals surface area (Å²) in [5.41, 5.74) is 1.36. The summed E-state index contributed by atoms with van der Waals surface area (Å²) in [6.07, 6.45) is 0. The smallest absolute Gasteiger partial charge is 0.191 e. The second-order valence-electron chi connectivity index (χ2n) is 4.94. The molecule has 0 spiro atoms. The molecule has 1 rings (SSSR count). The number of sulfone groups is 1. The standard InChI is InChI=1S/C15H24FN3O2S.HI/c1-4-17-15(18-8-9-22(20,21)5-2)19-11-13-7-6-12(3)14(16)10-13;/h6-7,10H,4-5,8-9,11H2,1-3H3,(H2,17,18,19);1H. The first kappa shape index (κ1) is 22.1.